The van der Waals surface area contributed by atoms with Crippen LogP contribution in [0.15, 0.2) is 24.8 Å². The topological polar surface area (TPSA) is 26.0 Å². The Balaban J connectivity index is 3.56. The van der Waals surface area contributed by atoms with E-state index in [2.05, 4.69) is 26.5 Å². The largest absolute Gasteiger partial charge is 0.321 e. The lowest BCUT2D eigenvalue weighted by Crippen LogP contribution is -2.12. The second-order valence-electron chi connectivity index (χ2n) is 2.44. The van der Waals surface area contributed by atoms with Crippen LogP contribution in [0.25, 0.3) is 0 Å². The zero-order valence-corrected chi connectivity index (χ0v) is 6.17. The molecule has 1 heteroatoms. The molecular formula is C8H15N. The summed E-state index contributed by atoms with van der Waals surface area (Å²) in [4.78, 5) is 0. The highest BCUT2D eigenvalue weighted by molar-refractivity contribution is 5.01. The summed E-state index contributed by atoms with van der Waals surface area (Å²) in [7, 11) is 0. The molecule has 0 aromatic heterocycles. The van der Waals surface area contributed by atoms with Crippen LogP contribution in [0.1, 0.15) is 13.8 Å². The highest BCUT2D eigenvalue weighted by atomic mass is 14.6. The van der Waals surface area contributed by atoms with E-state index in [1.54, 1.807) is 6.08 Å². The third-order valence-corrected chi connectivity index (χ3v) is 0.990. The van der Waals surface area contributed by atoms with Crippen molar-refractivity contribution in [3.8, 4) is 0 Å². The zero-order chi connectivity index (χ0) is 7.28. The predicted molar refractivity (Wildman–Crippen MR) is 42.2 cm³/mol. The van der Waals surface area contributed by atoms with Gasteiger partial charge in [-0.3, -0.25) is 0 Å². The molecule has 0 saturated carbocycles. The molecule has 0 aliphatic heterocycles. The van der Waals surface area contributed by atoms with E-state index in [0.29, 0.717) is 5.92 Å². The Morgan fingerprint density at radius 2 is 1.89 bits per heavy atom. The molecule has 0 rings (SSSR count). The summed E-state index contributed by atoms with van der Waals surface area (Å²) in [6.45, 7) is 7.80. The van der Waals surface area contributed by atoms with Gasteiger partial charge >= 0.3 is 0 Å². The molecule has 52 valence electrons. The monoisotopic (exact) mass is 125 g/mol. The van der Waals surface area contributed by atoms with Crippen LogP contribution in [0, 0.1) is 5.92 Å². The summed E-state index contributed by atoms with van der Waals surface area (Å²) in [5.41, 5.74) is 5.52. The summed E-state index contributed by atoms with van der Waals surface area (Å²) >= 11 is 0. The lowest BCUT2D eigenvalue weighted by Gasteiger charge is -1.97. The van der Waals surface area contributed by atoms with Crippen molar-refractivity contribution in [1.29, 1.82) is 0 Å². The molecule has 0 saturated heterocycles. The fourth-order valence-electron chi connectivity index (χ4n) is 0.429. The van der Waals surface area contributed by atoms with Gasteiger partial charge in [-0.05, 0) is 5.92 Å². The molecule has 0 fully saturated rings. The van der Waals surface area contributed by atoms with Crippen molar-refractivity contribution >= 4 is 0 Å². The zero-order valence-electron chi connectivity index (χ0n) is 6.17. The van der Waals surface area contributed by atoms with Crippen LogP contribution >= 0.6 is 0 Å². The van der Waals surface area contributed by atoms with Crippen molar-refractivity contribution < 1.29 is 0 Å². The average molecular weight is 125 g/mol. The van der Waals surface area contributed by atoms with Crippen molar-refractivity contribution in [2.24, 2.45) is 11.7 Å². The van der Waals surface area contributed by atoms with Gasteiger partial charge in [0.15, 0.2) is 0 Å². The van der Waals surface area contributed by atoms with Gasteiger partial charge in [0.05, 0.1) is 0 Å². The van der Waals surface area contributed by atoms with Crippen molar-refractivity contribution in [3.63, 3.8) is 0 Å². The van der Waals surface area contributed by atoms with Gasteiger partial charge < -0.3 is 5.73 Å². The van der Waals surface area contributed by atoms with Crippen molar-refractivity contribution in [2.75, 3.05) is 0 Å². The SMILES string of the molecule is C=CC(N)C=CC(C)C. The van der Waals surface area contributed by atoms with Gasteiger partial charge in [-0.25, -0.2) is 0 Å². The van der Waals surface area contributed by atoms with Crippen LogP contribution in [0.2, 0.25) is 0 Å². The summed E-state index contributed by atoms with van der Waals surface area (Å²) in [5.74, 6) is 0.580. The van der Waals surface area contributed by atoms with E-state index in [4.69, 9.17) is 5.73 Å². The molecule has 0 aromatic carbocycles. The highest BCUT2D eigenvalue weighted by Gasteiger charge is 1.87. The van der Waals surface area contributed by atoms with Crippen molar-refractivity contribution in [1.82, 2.24) is 0 Å². The Morgan fingerprint density at radius 3 is 2.22 bits per heavy atom. The minimum Gasteiger partial charge on any atom is -0.321 e. The quantitative estimate of drug-likeness (QED) is 0.571. The summed E-state index contributed by atoms with van der Waals surface area (Å²) in [6.07, 6.45) is 5.75. The Hall–Kier alpha value is -0.560. The van der Waals surface area contributed by atoms with E-state index in [1.165, 1.54) is 0 Å². The molecule has 0 aliphatic carbocycles. The first-order valence-corrected chi connectivity index (χ1v) is 3.23. The van der Waals surface area contributed by atoms with Gasteiger partial charge in [-0.15, -0.1) is 6.58 Å². The highest BCUT2D eigenvalue weighted by Crippen LogP contribution is 1.94. The molecule has 1 nitrogen and oxygen atoms in total. The molecule has 0 aliphatic rings. The fourth-order valence-corrected chi connectivity index (χ4v) is 0.429. The first-order valence-electron chi connectivity index (χ1n) is 3.23. The van der Waals surface area contributed by atoms with E-state index < -0.39 is 0 Å². The maximum Gasteiger partial charge on any atom is 0.0407 e. The van der Waals surface area contributed by atoms with Crippen LogP contribution in [0.3, 0.4) is 0 Å². The number of hydrogen-bond donors (Lipinski definition) is 1. The maximum absolute atomic E-state index is 5.52. The van der Waals surface area contributed by atoms with E-state index in [-0.39, 0.29) is 6.04 Å². The van der Waals surface area contributed by atoms with E-state index >= 15 is 0 Å². The second-order valence-corrected chi connectivity index (χ2v) is 2.44. The van der Waals surface area contributed by atoms with Gasteiger partial charge in [0.1, 0.15) is 0 Å². The Labute approximate surface area is 57.3 Å². The molecule has 0 amide bonds. The number of hydrogen-bond acceptors (Lipinski definition) is 1. The van der Waals surface area contributed by atoms with E-state index in [0.717, 1.165) is 0 Å². The van der Waals surface area contributed by atoms with Gasteiger partial charge in [0.2, 0.25) is 0 Å². The van der Waals surface area contributed by atoms with Gasteiger partial charge in [0.25, 0.3) is 0 Å². The normalized spacial score (nSPS) is 14.7. The van der Waals surface area contributed by atoms with Gasteiger partial charge in [-0.1, -0.05) is 32.1 Å². The average Bonchev–Trinajstić information content (AvgIpc) is 1.83. The van der Waals surface area contributed by atoms with Crippen LogP contribution < -0.4 is 5.73 Å². The molecule has 1 unspecified atom stereocenters. The van der Waals surface area contributed by atoms with Gasteiger partial charge in [-0.2, -0.15) is 0 Å². The molecular weight excluding hydrogens is 110 g/mol. The summed E-state index contributed by atoms with van der Waals surface area (Å²) < 4.78 is 0. The number of allylic oxidation sites excluding steroid dienone is 1. The molecule has 2 N–H and O–H groups in total. The number of rotatable bonds is 3. The molecule has 0 aromatic rings. The first-order chi connectivity index (χ1) is 4.16. The van der Waals surface area contributed by atoms with Crippen LogP contribution in [-0.4, -0.2) is 6.04 Å². The van der Waals surface area contributed by atoms with Crippen LogP contribution in [-0.2, 0) is 0 Å². The molecule has 9 heavy (non-hydrogen) atoms. The molecule has 0 heterocycles. The Kier molecular flexibility index (Phi) is 4.06. The smallest absolute Gasteiger partial charge is 0.0407 e. The van der Waals surface area contributed by atoms with Crippen LogP contribution in [0.4, 0.5) is 0 Å². The molecule has 0 spiro atoms. The maximum atomic E-state index is 5.52. The third-order valence-electron chi connectivity index (χ3n) is 0.990. The minimum absolute atomic E-state index is 0.0207. The fraction of sp³-hybridized carbons (Fsp3) is 0.500. The minimum atomic E-state index is 0.0207. The number of nitrogens with two attached hydrogens (primary N) is 1. The third kappa shape index (κ3) is 5.31. The summed E-state index contributed by atoms with van der Waals surface area (Å²) in [5, 5.41) is 0. The summed E-state index contributed by atoms with van der Waals surface area (Å²) in [6, 6.07) is 0.0207. The Morgan fingerprint density at radius 1 is 1.33 bits per heavy atom. The van der Waals surface area contributed by atoms with Crippen molar-refractivity contribution in [2.45, 2.75) is 19.9 Å². The Bertz CT molecular complexity index is 103. The first kappa shape index (κ1) is 8.44. The lowest BCUT2D eigenvalue weighted by molar-refractivity contribution is 0.821. The lowest BCUT2D eigenvalue weighted by atomic mass is 10.1. The second kappa shape index (κ2) is 4.33. The van der Waals surface area contributed by atoms with Crippen LogP contribution in [0.5, 0.6) is 0 Å². The van der Waals surface area contributed by atoms with E-state index in [1.807, 2.05) is 6.08 Å². The van der Waals surface area contributed by atoms with Crippen molar-refractivity contribution in [3.05, 3.63) is 24.8 Å². The predicted octanol–water partition coefficient (Wildman–Crippen LogP) is 1.71. The molecule has 1 atom stereocenters. The molecule has 0 bridgehead atoms. The standard InChI is InChI=1S/C8H15N/c1-4-8(9)6-5-7(2)3/h4-8H,1,9H2,2-3H3. The van der Waals surface area contributed by atoms with Gasteiger partial charge in [0, 0.05) is 6.04 Å². The van der Waals surface area contributed by atoms with E-state index in [9.17, 15) is 0 Å². The molecule has 0 radical (unpaired) electrons.